The summed E-state index contributed by atoms with van der Waals surface area (Å²) in [6.07, 6.45) is 5.41. The molecule has 1 aromatic carbocycles. The van der Waals surface area contributed by atoms with Crippen molar-refractivity contribution >= 4 is 16.6 Å². The molecule has 5 heteroatoms. The molecule has 0 unspecified atom stereocenters. The van der Waals surface area contributed by atoms with Crippen LogP contribution >= 0.6 is 0 Å². The molecule has 2 heterocycles. The molecule has 0 radical (unpaired) electrons. The van der Waals surface area contributed by atoms with E-state index in [1.54, 1.807) is 0 Å². The van der Waals surface area contributed by atoms with Gasteiger partial charge in [-0.1, -0.05) is 0 Å². The van der Waals surface area contributed by atoms with Gasteiger partial charge in [-0.3, -0.25) is 0 Å². The van der Waals surface area contributed by atoms with E-state index in [9.17, 15) is 5.11 Å². The molecule has 1 aliphatic heterocycles. The third-order valence-corrected chi connectivity index (χ3v) is 4.36. The molecular weight excluding hydrogens is 268 g/mol. The van der Waals surface area contributed by atoms with E-state index >= 15 is 0 Å². The van der Waals surface area contributed by atoms with Crippen LogP contribution in [0.15, 0.2) is 24.4 Å². The van der Waals surface area contributed by atoms with Crippen molar-refractivity contribution in [2.75, 3.05) is 24.8 Å². The normalized spacial score (nSPS) is 17.0. The number of ether oxygens (including phenoxy) is 2. The average molecular weight is 286 g/mol. The van der Waals surface area contributed by atoms with Crippen LogP contribution in [0.25, 0.3) is 10.8 Å². The van der Waals surface area contributed by atoms with Gasteiger partial charge in [-0.15, -0.1) is 0 Å². The molecule has 110 valence electrons. The summed E-state index contributed by atoms with van der Waals surface area (Å²) < 4.78 is 10.9. The number of aliphatic hydroxyl groups is 1. The summed E-state index contributed by atoms with van der Waals surface area (Å²) in [7, 11) is 0. The zero-order valence-electron chi connectivity index (χ0n) is 11.8. The zero-order chi connectivity index (χ0) is 14.2. The molecule has 4 rings (SSSR count). The largest absolute Gasteiger partial charge is 0.454 e. The summed E-state index contributed by atoms with van der Waals surface area (Å²) in [5.41, 5.74) is 0. The van der Waals surface area contributed by atoms with Crippen LogP contribution in [-0.2, 0) is 0 Å². The van der Waals surface area contributed by atoms with Gasteiger partial charge in [0.25, 0.3) is 0 Å². The number of rotatable bonds is 4. The summed E-state index contributed by atoms with van der Waals surface area (Å²) in [6, 6.07) is 6.48. The second kappa shape index (κ2) is 5.07. The number of hydrogen-bond acceptors (Lipinski definition) is 5. The summed E-state index contributed by atoms with van der Waals surface area (Å²) in [5, 5.41) is 11.5. The van der Waals surface area contributed by atoms with Crippen molar-refractivity contribution in [3.63, 3.8) is 0 Å². The van der Waals surface area contributed by atoms with E-state index in [0.29, 0.717) is 12.6 Å². The second-order valence-corrected chi connectivity index (χ2v) is 5.56. The van der Waals surface area contributed by atoms with Crippen LogP contribution in [0, 0.1) is 0 Å². The number of hydrogen-bond donors (Lipinski definition) is 1. The van der Waals surface area contributed by atoms with E-state index in [2.05, 4.69) is 9.88 Å². The van der Waals surface area contributed by atoms with Gasteiger partial charge in [-0.05, 0) is 42.8 Å². The van der Waals surface area contributed by atoms with E-state index in [-0.39, 0.29) is 13.4 Å². The van der Waals surface area contributed by atoms with Gasteiger partial charge in [0.2, 0.25) is 6.79 Å². The molecule has 0 spiro atoms. The molecule has 1 aromatic heterocycles. The Morgan fingerprint density at radius 2 is 2.05 bits per heavy atom. The number of pyridine rings is 1. The standard InChI is InChI=1S/C16H18N2O3/c19-7-6-18(12-2-1-3-12)16-13-9-15-14(20-10-21-15)8-11(13)4-5-17-16/h4-5,8-9,12,19H,1-3,6-7,10H2. The summed E-state index contributed by atoms with van der Waals surface area (Å²) in [6.45, 7) is 1.03. The summed E-state index contributed by atoms with van der Waals surface area (Å²) in [5.74, 6) is 2.50. The van der Waals surface area contributed by atoms with Gasteiger partial charge in [0, 0.05) is 24.2 Å². The first kappa shape index (κ1) is 12.7. The number of fused-ring (bicyclic) bond motifs is 2. The Morgan fingerprint density at radius 1 is 1.24 bits per heavy atom. The molecule has 0 atom stereocenters. The van der Waals surface area contributed by atoms with E-state index < -0.39 is 0 Å². The highest BCUT2D eigenvalue weighted by Crippen LogP contribution is 2.40. The Balaban J connectivity index is 1.83. The topological polar surface area (TPSA) is 54.8 Å². The van der Waals surface area contributed by atoms with Crippen molar-refractivity contribution < 1.29 is 14.6 Å². The van der Waals surface area contributed by atoms with Gasteiger partial charge >= 0.3 is 0 Å². The fourth-order valence-electron chi connectivity index (χ4n) is 3.04. The highest BCUT2D eigenvalue weighted by molar-refractivity contribution is 5.95. The lowest BCUT2D eigenvalue weighted by Crippen LogP contribution is -2.42. The Labute approximate surface area is 123 Å². The minimum atomic E-state index is 0.138. The van der Waals surface area contributed by atoms with Gasteiger partial charge in [-0.25, -0.2) is 4.98 Å². The average Bonchev–Trinajstić information content (AvgIpc) is 2.89. The maximum Gasteiger partial charge on any atom is 0.231 e. The first-order valence-electron chi connectivity index (χ1n) is 7.42. The number of benzene rings is 1. The first-order chi connectivity index (χ1) is 10.4. The molecule has 1 saturated carbocycles. The smallest absolute Gasteiger partial charge is 0.231 e. The summed E-state index contributed by atoms with van der Waals surface area (Å²) >= 11 is 0. The minimum Gasteiger partial charge on any atom is -0.454 e. The van der Waals surface area contributed by atoms with Gasteiger partial charge in [0.05, 0.1) is 6.61 Å². The van der Waals surface area contributed by atoms with Gasteiger partial charge < -0.3 is 19.5 Å². The summed E-state index contributed by atoms with van der Waals surface area (Å²) in [4.78, 5) is 6.80. The number of anilines is 1. The van der Waals surface area contributed by atoms with Crippen molar-refractivity contribution in [2.24, 2.45) is 0 Å². The zero-order valence-corrected chi connectivity index (χ0v) is 11.8. The SMILES string of the molecule is OCCN(c1nccc2cc3c(cc12)OCO3)C1CCC1. The second-order valence-electron chi connectivity index (χ2n) is 5.56. The van der Waals surface area contributed by atoms with Gasteiger partial charge in [-0.2, -0.15) is 0 Å². The lowest BCUT2D eigenvalue weighted by molar-refractivity contribution is 0.174. The lowest BCUT2D eigenvalue weighted by Gasteiger charge is -2.38. The van der Waals surface area contributed by atoms with Crippen molar-refractivity contribution in [3.8, 4) is 11.5 Å². The Kier molecular flexibility index (Phi) is 3.07. The number of aliphatic hydroxyl groups excluding tert-OH is 1. The molecule has 2 aromatic rings. The van der Waals surface area contributed by atoms with Crippen LogP contribution in [0.4, 0.5) is 5.82 Å². The van der Waals surface area contributed by atoms with Crippen LogP contribution in [-0.4, -0.2) is 36.1 Å². The number of aromatic nitrogens is 1. The maximum absolute atomic E-state index is 9.38. The minimum absolute atomic E-state index is 0.138. The molecule has 1 fully saturated rings. The molecule has 0 bridgehead atoms. The molecule has 1 N–H and O–H groups in total. The Hall–Kier alpha value is -2.01. The van der Waals surface area contributed by atoms with Crippen LogP contribution in [0.2, 0.25) is 0 Å². The van der Waals surface area contributed by atoms with Crippen molar-refractivity contribution in [1.82, 2.24) is 4.98 Å². The molecule has 5 nitrogen and oxygen atoms in total. The Bertz CT molecular complexity index is 670. The molecule has 0 saturated heterocycles. The fourth-order valence-corrected chi connectivity index (χ4v) is 3.04. The predicted octanol–water partition coefficient (Wildman–Crippen LogP) is 2.31. The lowest BCUT2D eigenvalue weighted by atomic mass is 9.91. The van der Waals surface area contributed by atoms with Crippen LogP contribution in [0.3, 0.4) is 0 Å². The molecule has 2 aliphatic rings. The number of nitrogens with zero attached hydrogens (tertiary/aromatic N) is 2. The molecule has 21 heavy (non-hydrogen) atoms. The fraction of sp³-hybridized carbons (Fsp3) is 0.438. The third-order valence-electron chi connectivity index (χ3n) is 4.36. The van der Waals surface area contributed by atoms with E-state index in [1.807, 2.05) is 24.4 Å². The predicted molar refractivity (Wildman–Crippen MR) is 79.9 cm³/mol. The van der Waals surface area contributed by atoms with E-state index in [0.717, 1.165) is 28.1 Å². The van der Waals surface area contributed by atoms with Crippen LogP contribution in [0.1, 0.15) is 19.3 Å². The van der Waals surface area contributed by atoms with Gasteiger partial charge in [0.1, 0.15) is 5.82 Å². The Morgan fingerprint density at radius 3 is 2.76 bits per heavy atom. The van der Waals surface area contributed by atoms with Crippen molar-refractivity contribution in [3.05, 3.63) is 24.4 Å². The van der Waals surface area contributed by atoms with Crippen LogP contribution in [0.5, 0.6) is 11.5 Å². The highest BCUT2D eigenvalue weighted by Gasteiger charge is 2.27. The van der Waals surface area contributed by atoms with Crippen molar-refractivity contribution in [2.45, 2.75) is 25.3 Å². The quantitative estimate of drug-likeness (QED) is 0.934. The highest BCUT2D eigenvalue weighted by atomic mass is 16.7. The maximum atomic E-state index is 9.38. The van der Waals surface area contributed by atoms with E-state index in [1.165, 1.54) is 19.3 Å². The first-order valence-corrected chi connectivity index (χ1v) is 7.42. The molecule has 0 amide bonds. The molecular formula is C16H18N2O3. The van der Waals surface area contributed by atoms with Crippen LogP contribution < -0.4 is 14.4 Å². The molecule has 1 aliphatic carbocycles. The van der Waals surface area contributed by atoms with Gasteiger partial charge in [0.15, 0.2) is 11.5 Å². The van der Waals surface area contributed by atoms with Crippen molar-refractivity contribution in [1.29, 1.82) is 0 Å². The monoisotopic (exact) mass is 286 g/mol. The van der Waals surface area contributed by atoms with E-state index in [4.69, 9.17) is 9.47 Å². The third kappa shape index (κ3) is 2.08.